The molecule has 8 atom stereocenters. The molecule has 1 aromatic heterocycles. The smallest absolute Gasteiger partial charge is 0.157 e. The molecule has 0 bridgehead atoms. The number of para-hydroxylation sites is 1. The second kappa shape index (κ2) is 7.38. The van der Waals surface area contributed by atoms with Crippen LogP contribution in [0.5, 0.6) is 0 Å². The third kappa shape index (κ3) is 3.18. The van der Waals surface area contributed by atoms with Crippen LogP contribution < -0.4 is 0 Å². The van der Waals surface area contributed by atoms with Crippen molar-refractivity contribution in [1.29, 1.82) is 0 Å². The Morgan fingerprint density at radius 1 is 1.03 bits per heavy atom. The van der Waals surface area contributed by atoms with E-state index in [1.165, 1.54) is 38.5 Å². The van der Waals surface area contributed by atoms with Gasteiger partial charge in [0.15, 0.2) is 5.78 Å². The van der Waals surface area contributed by atoms with Crippen LogP contribution in [-0.2, 0) is 11.3 Å². The van der Waals surface area contributed by atoms with Crippen LogP contribution in [-0.4, -0.2) is 31.5 Å². The molecule has 0 aliphatic heterocycles. The van der Waals surface area contributed by atoms with E-state index in [0.29, 0.717) is 24.2 Å². The van der Waals surface area contributed by atoms with Crippen LogP contribution in [0.3, 0.4) is 0 Å². The largest absolute Gasteiger partial charge is 0.390 e. The van der Waals surface area contributed by atoms with E-state index < -0.39 is 5.60 Å². The lowest BCUT2D eigenvalue weighted by Crippen LogP contribution is -2.51. The Labute approximate surface area is 191 Å². The van der Waals surface area contributed by atoms with Gasteiger partial charge in [0.2, 0.25) is 0 Å². The van der Waals surface area contributed by atoms with Gasteiger partial charge in [-0.3, -0.25) is 4.79 Å². The molecule has 0 spiro atoms. The van der Waals surface area contributed by atoms with Gasteiger partial charge in [-0.2, -0.15) is 0 Å². The SMILES string of the molecule is C[C@@]1(O)CC[C@H]2[C@H](CC[C@@H]3[C@@H]2CC[C@]2(C)[C@@H](C(=O)Cn4nnc5ccccc54)CC[C@@H]32)C1. The number of nitrogens with zero attached hydrogens (tertiary/aromatic N) is 3. The van der Waals surface area contributed by atoms with E-state index in [1.807, 2.05) is 31.2 Å². The molecular formula is C27H37N3O2. The van der Waals surface area contributed by atoms with Crippen LogP contribution in [0.2, 0.25) is 0 Å². The van der Waals surface area contributed by atoms with Crippen LogP contribution in [0.1, 0.15) is 71.6 Å². The van der Waals surface area contributed by atoms with E-state index in [1.54, 1.807) is 4.68 Å². The predicted molar refractivity (Wildman–Crippen MR) is 124 cm³/mol. The first-order valence-corrected chi connectivity index (χ1v) is 12.9. The molecule has 5 nitrogen and oxygen atoms in total. The van der Waals surface area contributed by atoms with Gasteiger partial charge >= 0.3 is 0 Å². The van der Waals surface area contributed by atoms with E-state index in [-0.39, 0.29) is 11.3 Å². The van der Waals surface area contributed by atoms with Crippen LogP contribution in [0, 0.1) is 40.9 Å². The summed E-state index contributed by atoms with van der Waals surface area (Å²) >= 11 is 0. The van der Waals surface area contributed by atoms with Gasteiger partial charge in [0.1, 0.15) is 12.1 Å². The lowest BCUT2D eigenvalue weighted by Gasteiger charge is -2.56. The second-order valence-electron chi connectivity index (χ2n) is 12.1. The molecule has 172 valence electrons. The summed E-state index contributed by atoms with van der Waals surface area (Å²) in [6.07, 6.45) is 10.4. The Balaban J connectivity index is 1.20. The van der Waals surface area contributed by atoms with Gasteiger partial charge in [-0.15, -0.1) is 5.10 Å². The van der Waals surface area contributed by atoms with Crippen LogP contribution >= 0.6 is 0 Å². The molecule has 4 fully saturated rings. The number of ketones is 1. The van der Waals surface area contributed by atoms with E-state index in [4.69, 9.17) is 0 Å². The Bertz CT molecular complexity index is 1030. The highest BCUT2D eigenvalue weighted by molar-refractivity contribution is 5.84. The van der Waals surface area contributed by atoms with E-state index >= 15 is 0 Å². The number of hydrogen-bond acceptors (Lipinski definition) is 4. The normalized spacial score (nSPS) is 43.5. The number of hydrogen-bond donors (Lipinski definition) is 1. The van der Waals surface area contributed by atoms with Crippen molar-refractivity contribution < 1.29 is 9.90 Å². The zero-order chi connectivity index (χ0) is 22.1. The summed E-state index contributed by atoms with van der Waals surface area (Å²) in [5.41, 5.74) is 1.50. The van der Waals surface area contributed by atoms with Crippen LogP contribution in [0.25, 0.3) is 11.0 Å². The zero-order valence-electron chi connectivity index (χ0n) is 19.5. The maximum absolute atomic E-state index is 13.6. The average molecular weight is 436 g/mol. The molecule has 2 aromatic rings. The number of carbonyl (C=O) groups excluding carboxylic acids is 1. The Morgan fingerprint density at radius 2 is 1.84 bits per heavy atom. The number of aromatic nitrogens is 3. The molecular weight excluding hydrogens is 398 g/mol. The molecule has 4 aliphatic rings. The zero-order valence-corrected chi connectivity index (χ0v) is 19.5. The molecule has 6 rings (SSSR count). The third-order valence-electron chi connectivity index (χ3n) is 10.4. The van der Waals surface area contributed by atoms with Crippen LogP contribution in [0.4, 0.5) is 0 Å². The van der Waals surface area contributed by atoms with Crippen molar-refractivity contribution in [2.75, 3.05) is 0 Å². The molecule has 0 amide bonds. The number of carbonyl (C=O) groups is 1. The minimum absolute atomic E-state index is 0.141. The number of aliphatic hydroxyl groups is 1. The minimum Gasteiger partial charge on any atom is -0.390 e. The van der Waals surface area contributed by atoms with Crippen molar-refractivity contribution in [2.45, 2.75) is 83.8 Å². The molecule has 1 aromatic carbocycles. The molecule has 0 radical (unpaired) electrons. The van der Waals surface area contributed by atoms with Gasteiger partial charge in [0.05, 0.1) is 11.1 Å². The number of rotatable bonds is 3. The minimum atomic E-state index is -0.451. The van der Waals surface area contributed by atoms with Crippen molar-refractivity contribution in [2.24, 2.45) is 40.9 Å². The second-order valence-corrected chi connectivity index (χ2v) is 12.1. The number of fused-ring (bicyclic) bond motifs is 6. The monoisotopic (exact) mass is 435 g/mol. The molecule has 4 aliphatic carbocycles. The van der Waals surface area contributed by atoms with Gasteiger partial charge in [-0.05, 0) is 112 Å². The fourth-order valence-electron chi connectivity index (χ4n) is 8.90. The standard InChI is InChI=1S/C27H37N3O2/c1-26(32)13-11-18-17(15-26)7-8-20-19(18)12-14-27(2)21(20)9-10-22(27)25(31)16-30-24-6-4-3-5-23(24)28-29-30/h3-6,17-22,32H,7-16H2,1-2H3/t17-,18+,19-,20-,21+,22-,26-,27+/m1/s1. The maximum Gasteiger partial charge on any atom is 0.157 e. The first kappa shape index (κ1) is 20.8. The van der Waals surface area contributed by atoms with Crippen molar-refractivity contribution in [3.63, 3.8) is 0 Å². The van der Waals surface area contributed by atoms with E-state index in [9.17, 15) is 9.90 Å². The summed E-state index contributed by atoms with van der Waals surface area (Å²) in [4.78, 5) is 13.6. The third-order valence-corrected chi connectivity index (χ3v) is 10.4. The lowest BCUT2D eigenvalue weighted by atomic mass is 9.49. The quantitative estimate of drug-likeness (QED) is 0.735. The van der Waals surface area contributed by atoms with E-state index in [2.05, 4.69) is 17.2 Å². The maximum atomic E-state index is 13.6. The average Bonchev–Trinajstić information content (AvgIpc) is 3.33. The summed E-state index contributed by atoms with van der Waals surface area (Å²) in [5.74, 6) is 4.30. The van der Waals surface area contributed by atoms with Gasteiger partial charge in [-0.1, -0.05) is 24.3 Å². The lowest BCUT2D eigenvalue weighted by molar-refractivity contribution is -0.133. The van der Waals surface area contributed by atoms with Crippen molar-refractivity contribution >= 4 is 16.8 Å². The fourth-order valence-corrected chi connectivity index (χ4v) is 8.90. The van der Waals surface area contributed by atoms with Crippen LogP contribution in [0.15, 0.2) is 24.3 Å². The topological polar surface area (TPSA) is 68.0 Å². The number of benzene rings is 1. The van der Waals surface area contributed by atoms with Gasteiger partial charge in [0.25, 0.3) is 0 Å². The summed E-state index contributed by atoms with van der Waals surface area (Å²) in [6, 6.07) is 7.92. The summed E-state index contributed by atoms with van der Waals surface area (Å²) < 4.78 is 1.80. The molecule has 4 saturated carbocycles. The molecule has 1 N–H and O–H groups in total. The van der Waals surface area contributed by atoms with Gasteiger partial charge in [-0.25, -0.2) is 4.68 Å². The van der Waals surface area contributed by atoms with E-state index in [0.717, 1.165) is 48.0 Å². The highest BCUT2D eigenvalue weighted by Crippen LogP contribution is 2.64. The summed E-state index contributed by atoms with van der Waals surface area (Å²) in [6.45, 7) is 4.82. The fraction of sp³-hybridized carbons (Fsp3) is 0.741. The first-order chi connectivity index (χ1) is 15.4. The molecule has 1 heterocycles. The molecule has 32 heavy (non-hydrogen) atoms. The molecule has 5 heteroatoms. The van der Waals surface area contributed by atoms with Gasteiger partial charge in [0, 0.05) is 5.92 Å². The number of Topliss-reactive ketones (excluding diaryl/α,β-unsaturated/α-hetero) is 1. The molecule has 0 unspecified atom stereocenters. The first-order valence-electron chi connectivity index (χ1n) is 12.9. The highest BCUT2D eigenvalue weighted by Gasteiger charge is 2.58. The Hall–Kier alpha value is -1.75. The summed E-state index contributed by atoms with van der Waals surface area (Å²) in [7, 11) is 0. The Morgan fingerprint density at radius 3 is 2.72 bits per heavy atom. The van der Waals surface area contributed by atoms with Crippen molar-refractivity contribution in [1.82, 2.24) is 15.0 Å². The van der Waals surface area contributed by atoms with Crippen molar-refractivity contribution in [3.05, 3.63) is 24.3 Å². The highest BCUT2D eigenvalue weighted by atomic mass is 16.3. The summed E-state index contributed by atoms with van der Waals surface area (Å²) in [5, 5.41) is 19.1. The predicted octanol–water partition coefficient (Wildman–Crippen LogP) is 5.02. The van der Waals surface area contributed by atoms with Gasteiger partial charge < -0.3 is 5.11 Å². The van der Waals surface area contributed by atoms with Crippen molar-refractivity contribution in [3.8, 4) is 0 Å². The molecule has 0 saturated heterocycles. The Kier molecular flexibility index (Phi) is 4.80.